The molecule has 2 atom stereocenters. The Bertz CT molecular complexity index is 1470. The largest absolute Gasteiger partial charge is 0.472 e. The standard InChI is InChI=1S/C48H84NO10P/c1-6-8-22-28-42-36-39(3)44(57-42)29-24-18-16-17-20-26-32-47(50)54-37-43(38-56-60(52,53)55-35-34-49)58-48(51)33-27-21-15-13-11-10-12-14-19-25-31-46-41(5)40(4)45(59-46)30-23-9-7-2/h36,43H,6-35,37-38,49H2,1-5H3,(H,52,53)/t43-/m1/s1. The lowest BCUT2D eigenvalue weighted by molar-refractivity contribution is -0.161. The zero-order valence-electron chi connectivity index (χ0n) is 38.4. The van der Waals surface area contributed by atoms with E-state index >= 15 is 0 Å². The highest BCUT2D eigenvalue weighted by atomic mass is 31.2. The molecule has 2 rings (SSSR count). The molecule has 0 aromatic carbocycles. The summed E-state index contributed by atoms with van der Waals surface area (Å²) < 4.78 is 45.3. The van der Waals surface area contributed by atoms with Crippen molar-refractivity contribution in [3.63, 3.8) is 0 Å². The van der Waals surface area contributed by atoms with Gasteiger partial charge in [0, 0.05) is 45.1 Å². The Balaban J connectivity index is 1.57. The van der Waals surface area contributed by atoms with Crippen LogP contribution in [-0.2, 0) is 58.4 Å². The summed E-state index contributed by atoms with van der Waals surface area (Å²) in [6.07, 6.45) is 27.8. The number of hydrogen-bond donors (Lipinski definition) is 2. The molecule has 346 valence electrons. The van der Waals surface area contributed by atoms with Crippen LogP contribution >= 0.6 is 7.82 Å². The number of carbonyl (C=O) groups is 2. The molecule has 0 saturated carbocycles. The summed E-state index contributed by atoms with van der Waals surface area (Å²) in [5.74, 6) is 3.72. The molecule has 0 aliphatic carbocycles. The van der Waals surface area contributed by atoms with Gasteiger partial charge in [0.25, 0.3) is 0 Å². The summed E-state index contributed by atoms with van der Waals surface area (Å²) in [6.45, 7) is 10.1. The lowest BCUT2D eigenvalue weighted by Gasteiger charge is -2.19. The van der Waals surface area contributed by atoms with Gasteiger partial charge >= 0.3 is 19.8 Å². The molecule has 60 heavy (non-hydrogen) atoms. The molecule has 0 radical (unpaired) electrons. The van der Waals surface area contributed by atoms with Crippen molar-refractivity contribution in [3.8, 4) is 0 Å². The highest BCUT2D eigenvalue weighted by Crippen LogP contribution is 2.43. The highest BCUT2D eigenvalue weighted by Gasteiger charge is 2.26. The summed E-state index contributed by atoms with van der Waals surface area (Å²) in [6, 6.07) is 2.19. The van der Waals surface area contributed by atoms with Gasteiger partial charge in [0.1, 0.15) is 29.6 Å². The number of nitrogens with two attached hydrogens (primary N) is 1. The van der Waals surface area contributed by atoms with Gasteiger partial charge in [0.15, 0.2) is 6.10 Å². The average molecular weight is 866 g/mol. The number of unbranched alkanes of at least 4 members (excludes halogenated alkanes) is 18. The molecule has 0 bridgehead atoms. The zero-order valence-corrected chi connectivity index (χ0v) is 39.3. The van der Waals surface area contributed by atoms with Crippen LogP contribution in [0.25, 0.3) is 0 Å². The van der Waals surface area contributed by atoms with Crippen molar-refractivity contribution < 1.29 is 46.4 Å². The molecule has 11 nitrogen and oxygen atoms in total. The third kappa shape index (κ3) is 24.9. The maximum absolute atomic E-state index is 12.7. The Morgan fingerprint density at radius 3 is 1.62 bits per heavy atom. The molecule has 3 N–H and O–H groups in total. The SMILES string of the molecule is CCCCCc1cc(C)c(CCCCCCCCC(=O)OC[C@H](COP(=O)(O)OCCN)OC(=O)CCCCCCCCCCCCc2oc(CCCCC)c(C)c2C)o1. The second-order valence-electron chi connectivity index (χ2n) is 16.8. The van der Waals surface area contributed by atoms with Crippen LogP contribution < -0.4 is 5.73 Å². The Hall–Kier alpha value is -2.43. The summed E-state index contributed by atoms with van der Waals surface area (Å²) in [5.41, 5.74) is 9.30. The lowest BCUT2D eigenvalue weighted by Crippen LogP contribution is -2.29. The van der Waals surface area contributed by atoms with Crippen LogP contribution in [0.3, 0.4) is 0 Å². The minimum atomic E-state index is -4.40. The molecule has 12 heteroatoms. The first-order valence-corrected chi connectivity index (χ1v) is 25.3. The molecular formula is C48H84NO10P. The quantitative estimate of drug-likeness (QED) is 0.0374. The minimum absolute atomic E-state index is 0.0429. The Kier molecular flexibility index (Phi) is 29.7. The van der Waals surface area contributed by atoms with E-state index in [2.05, 4.69) is 40.7 Å². The first kappa shape index (κ1) is 53.7. The van der Waals surface area contributed by atoms with E-state index in [1.165, 1.54) is 105 Å². The van der Waals surface area contributed by atoms with Gasteiger partial charge in [-0.1, -0.05) is 117 Å². The molecule has 2 aromatic heterocycles. The highest BCUT2D eigenvalue weighted by molar-refractivity contribution is 7.47. The van der Waals surface area contributed by atoms with E-state index in [-0.39, 0.29) is 32.6 Å². The van der Waals surface area contributed by atoms with Gasteiger partial charge in [0.2, 0.25) is 0 Å². The second-order valence-corrected chi connectivity index (χ2v) is 18.2. The third-order valence-electron chi connectivity index (χ3n) is 11.3. The van der Waals surface area contributed by atoms with E-state index in [4.69, 9.17) is 33.1 Å². The Morgan fingerprint density at radius 2 is 1.08 bits per heavy atom. The number of esters is 2. The monoisotopic (exact) mass is 866 g/mol. The second kappa shape index (κ2) is 33.2. The number of aryl methyl sites for hydroxylation is 5. The maximum Gasteiger partial charge on any atom is 0.472 e. The number of phosphoric acid groups is 1. The van der Waals surface area contributed by atoms with E-state index in [9.17, 15) is 19.0 Å². The average Bonchev–Trinajstić information content (AvgIpc) is 3.71. The first-order valence-electron chi connectivity index (χ1n) is 23.8. The van der Waals surface area contributed by atoms with Gasteiger partial charge < -0.3 is 28.9 Å². The smallest absolute Gasteiger partial charge is 0.466 e. The molecular weight excluding hydrogens is 781 g/mol. The molecule has 0 spiro atoms. The Labute approximate surface area is 363 Å². The van der Waals surface area contributed by atoms with Gasteiger partial charge in [0.05, 0.1) is 13.2 Å². The number of furan rings is 2. The first-order chi connectivity index (χ1) is 29.0. The lowest BCUT2D eigenvalue weighted by atomic mass is 10.0. The fraction of sp³-hybridized carbons (Fsp3) is 0.792. The normalized spacial score (nSPS) is 13.1. The molecule has 1 unspecified atom stereocenters. The fourth-order valence-corrected chi connectivity index (χ4v) is 8.24. The van der Waals surface area contributed by atoms with Gasteiger partial charge in [-0.15, -0.1) is 0 Å². The predicted molar refractivity (Wildman–Crippen MR) is 240 cm³/mol. The number of phosphoric ester groups is 1. The van der Waals surface area contributed by atoms with E-state index in [0.29, 0.717) is 12.8 Å². The molecule has 0 aliphatic heterocycles. The van der Waals surface area contributed by atoms with E-state index < -0.39 is 32.5 Å². The van der Waals surface area contributed by atoms with Crippen LogP contribution in [0.2, 0.25) is 0 Å². The van der Waals surface area contributed by atoms with Crippen LogP contribution in [0.5, 0.6) is 0 Å². The van der Waals surface area contributed by atoms with E-state index in [1.807, 2.05) is 0 Å². The molecule has 0 fully saturated rings. The minimum Gasteiger partial charge on any atom is -0.466 e. The number of hydrogen-bond acceptors (Lipinski definition) is 10. The summed E-state index contributed by atoms with van der Waals surface area (Å²) >= 11 is 0. The van der Waals surface area contributed by atoms with Gasteiger partial charge in [-0.25, -0.2) is 4.57 Å². The molecule has 0 aliphatic rings. The number of rotatable bonds is 39. The number of carbonyl (C=O) groups excluding carboxylic acids is 2. The van der Waals surface area contributed by atoms with Crippen molar-refractivity contribution >= 4 is 19.8 Å². The van der Waals surface area contributed by atoms with Gasteiger partial charge in [-0.05, 0) is 82.1 Å². The maximum atomic E-state index is 12.7. The molecule has 0 amide bonds. The van der Waals surface area contributed by atoms with Crippen LogP contribution in [0.4, 0.5) is 0 Å². The van der Waals surface area contributed by atoms with Gasteiger partial charge in [-0.3, -0.25) is 18.6 Å². The summed E-state index contributed by atoms with van der Waals surface area (Å²) in [5, 5.41) is 0. The van der Waals surface area contributed by atoms with E-state index in [1.54, 1.807) is 0 Å². The van der Waals surface area contributed by atoms with Gasteiger partial charge in [-0.2, -0.15) is 0 Å². The van der Waals surface area contributed by atoms with Crippen molar-refractivity contribution in [2.75, 3.05) is 26.4 Å². The van der Waals surface area contributed by atoms with Crippen LogP contribution in [0, 0.1) is 20.8 Å². The Morgan fingerprint density at radius 1 is 0.617 bits per heavy atom. The molecule has 2 heterocycles. The number of ether oxygens (including phenoxy) is 2. The molecule has 0 saturated heterocycles. The van der Waals surface area contributed by atoms with Crippen molar-refractivity contribution in [1.29, 1.82) is 0 Å². The molecule has 2 aromatic rings. The predicted octanol–water partition coefficient (Wildman–Crippen LogP) is 12.6. The summed E-state index contributed by atoms with van der Waals surface area (Å²) in [4.78, 5) is 35.1. The van der Waals surface area contributed by atoms with Crippen LogP contribution in [0.1, 0.15) is 208 Å². The van der Waals surface area contributed by atoms with Crippen molar-refractivity contribution in [3.05, 3.63) is 45.8 Å². The summed E-state index contributed by atoms with van der Waals surface area (Å²) in [7, 11) is -4.40. The topological polar surface area (TPSA) is 161 Å². The van der Waals surface area contributed by atoms with Crippen molar-refractivity contribution in [2.24, 2.45) is 5.73 Å². The van der Waals surface area contributed by atoms with E-state index in [0.717, 1.165) is 88.6 Å². The van der Waals surface area contributed by atoms with Crippen LogP contribution in [-0.4, -0.2) is 49.3 Å². The third-order valence-corrected chi connectivity index (χ3v) is 12.3. The fourth-order valence-electron chi connectivity index (χ4n) is 7.48. The zero-order chi connectivity index (χ0) is 43.9. The van der Waals surface area contributed by atoms with Crippen LogP contribution in [0.15, 0.2) is 14.9 Å². The van der Waals surface area contributed by atoms with Crippen molar-refractivity contribution in [2.45, 2.75) is 221 Å². The van der Waals surface area contributed by atoms with Crippen molar-refractivity contribution in [1.82, 2.24) is 0 Å².